The van der Waals surface area contributed by atoms with E-state index in [2.05, 4.69) is 10.4 Å². The highest BCUT2D eigenvalue weighted by Gasteiger charge is 2.47. The molecule has 1 aromatic heterocycles. The first kappa shape index (κ1) is 17.4. The fourth-order valence-electron chi connectivity index (χ4n) is 3.58. The van der Waals surface area contributed by atoms with Crippen LogP contribution in [0.2, 0.25) is 0 Å². The monoisotopic (exact) mass is 344 g/mol. The Morgan fingerprint density at radius 3 is 2.40 bits per heavy atom. The summed E-state index contributed by atoms with van der Waals surface area (Å²) in [7, 11) is 0. The molecule has 3 amide bonds. The molecule has 1 fully saturated rings. The van der Waals surface area contributed by atoms with Crippen molar-refractivity contribution in [3.8, 4) is 0 Å². The second-order valence-corrected chi connectivity index (χ2v) is 6.77. The molecule has 134 valence electrons. The molecule has 0 spiro atoms. The Morgan fingerprint density at radius 1 is 1.20 bits per heavy atom. The molecule has 0 radical (unpaired) electrons. The minimum atomic E-state index is -0.290. The van der Waals surface area contributed by atoms with E-state index in [-0.39, 0.29) is 36.1 Å². The second kappa shape index (κ2) is 7.21. The zero-order chi connectivity index (χ0) is 18.0. The molecule has 1 saturated heterocycles. The number of aryl methyl sites for hydroxylation is 3. The molecule has 3 rings (SSSR count). The van der Waals surface area contributed by atoms with Crippen LogP contribution in [-0.2, 0) is 20.9 Å². The summed E-state index contributed by atoms with van der Waals surface area (Å²) in [6.45, 7) is 4.98. The normalized spacial score (nSPS) is 22.4. The fraction of sp³-hybridized carbons (Fsp3) is 0.556. The standard InChI is InChI=1S/C18H24N4O3/c1-12-10-13(2)22(20-12)9-5-8-19-16(23)11-21-17(24)14-6-3-4-7-15(14)18(21)25/h3-4,10,14-15H,5-9,11H2,1-2H3,(H,19,23)/t14-,15+. The largest absolute Gasteiger partial charge is 0.354 e. The third-order valence-corrected chi connectivity index (χ3v) is 4.87. The van der Waals surface area contributed by atoms with Crippen molar-refractivity contribution in [3.05, 3.63) is 29.6 Å². The van der Waals surface area contributed by atoms with E-state index in [1.807, 2.05) is 36.7 Å². The third-order valence-electron chi connectivity index (χ3n) is 4.87. The van der Waals surface area contributed by atoms with Crippen LogP contribution in [0.5, 0.6) is 0 Å². The zero-order valence-electron chi connectivity index (χ0n) is 14.7. The van der Waals surface area contributed by atoms with Gasteiger partial charge in [-0.15, -0.1) is 0 Å². The lowest BCUT2D eigenvalue weighted by molar-refractivity contribution is -0.143. The molecule has 0 aromatic carbocycles. The van der Waals surface area contributed by atoms with Crippen molar-refractivity contribution in [2.75, 3.05) is 13.1 Å². The van der Waals surface area contributed by atoms with Crippen molar-refractivity contribution in [2.24, 2.45) is 11.8 Å². The van der Waals surface area contributed by atoms with Crippen LogP contribution < -0.4 is 5.32 Å². The number of amides is 3. The Hall–Kier alpha value is -2.44. The predicted octanol–water partition coefficient (Wildman–Crippen LogP) is 0.957. The van der Waals surface area contributed by atoms with Crippen LogP contribution in [0.1, 0.15) is 30.7 Å². The first-order valence-corrected chi connectivity index (χ1v) is 8.75. The van der Waals surface area contributed by atoms with Crippen LogP contribution in [0.4, 0.5) is 0 Å². The summed E-state index contributed by atoms with van der Waals surface area (Å²) in [4.78, 5) is 37.8. The molecule has 1 aromatic rings. The Labute approximate surface area is 147 Å². The van der Waals surface area contributed by atoms with Gasteiger partial charge in [-0.1, -0.05) is 12.2 Å². The maximum atomic E-state index is 12.3. The number of nitrogens with one attached hydrogen (secondary N) is 1. The summed E-state index contributed by atoms with van der Waals surface area (Å²) in [6, 6.07) is 2.01. The maximum absolute atomic E-state index is 12.3. The molecule has 25 heavy (non-hydrogen) atoms. The van der Waals surface area contributed by atoms with Crippen LogP contribution in [-0.4, -0.2) is 45.5 Å². The van der Waals surface area contributed by atoms with Crippen LogP contribution in [0, 0.1) is 25.7 Å². The lowest BCUT2D eigenvalue weighted by atomic mass is 9.85. The number of rotatable bonds is 6. The smallest absolute Gasteiger partial charge is 0.240 e. The van der Waals surface area contributed by atoms with E-state index in [9.17, 15) is 14.4 Å². The van der Waals surface area contributed by atoms with Gasteiger partial charge in [0.15, 0.2) is 0 Å². The summed E-state index contributed by atoms with van der Waals surface area (Å²) < 4.78 is 1.91. The fourth-order valence-corrected chi connectivity index (χ4v) is 3.58. The van der Waals surface area contributed by atoms with Gasteiger partial charge in [-0.05, 0) is 39.2 Å². The molecular weight excluding hydrogens is 320 g/mol. The number of hydrogen-bond donors (Lipinski definition) is 1. The Kier molecular flexibility index (Phi) is 5.01. The van der Waals surface area contributed by atoms with Crippen molar-refractivity contribution >= 4 is 17.7 Å². The molecule has 0 bridgehead atoms. The Balaban J connectivity index is 1.44. The number of hydrogen-bond acceptors (Lipinski definition) is 4. The zero-order valence-corrected chi connectivity index (χ0v) is 14.7. The minimum absolute atomic E-state index is 0.176. The van der Waals surface area contributed by atoms with Crippen LogP contribution in [0.25, 0.3) is 0 Å². The average Bonchev–Trinajstić information content (AvgIpc) is 3.03. The van der Waals surface area contributed by atoms with Crippen molar-refractivity contribution in [1.82, 2.24) is 20.0 Å². The SMILES string of the molecule is Cc1cc(C)n(CCCNC(=O)CN2C(=O)[C@H]3CC=CC[C@H]3C2=O)n1. The van der Waals surface area contributed by atoms with Crippen molar-refractivity contribution in [3.63, 3.8) is 0 Å². The van der Waals surface area contributed by atoms with E-state index >= 15 is 0 Å². The average molecular weight is 344 g/mol. The lowest BCUT2D eigenvalue weighted by Gasteiger charge is -2.14. The van der Waals surface area contributed by atoms with Crippen molar-refractivity contribution < 1.29 is 14.4 Å². The molecule has 7 nitrogen and oxygen atoms in total. The number of carbonyl (C=O) groups is 3. The number of allylic oxidation sites excluding steroid dienone is 2. The Bertz CT molecular complexity index is 696. The van der Waals surface area contributed by atoms with Gasteiger partial charge in [0.1, 0.15) is 6.54 Å². The first-order chi connectivity index (χ1) is 12.0. The Morgan fingerprint density at radius 2 is 1.84 bits per heavy atom. The number of likely N-dealkylation sites (tertiary alicyclic amines) is 1. The summed E-state index contributed by atoms with van der Waals surface area (Å²) in [5.74, 6) is -1.27. The predicted molar refractivity (Wildman–Crippen MR) is 91.4 cm³/mol. The van der Waals surface area contributed by atoms with Gasteiger partial charge >= 0.3 is 0 Å². The van der Waals surface area contributed by atoms with Crippen LogP contribution in [0.15, 0.2) is 18.2 Å². The summed E-state index contributed by atoms with van der Waals surface area (Å²) in [6.07, 6.45) is 5.81. The van der Waals surface area contributed by atoms with E-state index in [0.29, 0.717) is 19.4 Å². The molecule has 0 saturated carbocycles. The maximum Gasteiger partial charge on any atom is 0.240 e. The highest BCUT2D eigenvalue weighted by Crippen LogP contribution is 2.34. The highest BCUT2D eigenvalue weighted by molar-refractivity contribution is 6.07. The van der Waals surface area contributed by atoms with Gasteiger partial charge in [0.25, 0.3) is 0 Å². The van der Waals surface area contributed by atoms with Gasteiger partial charge in [-0.25, -0.2) is 0 Å². The molecule has 2 aliphatic rings. The summed E-state index contributed by atoms with van der Waals surface area (Å²) >= 11 is 0. The van der Waals surface area contributed by atoms with Gasteiger partial charge in [0.2, 0.25) is 17.7 Å². The molecule has 2 heterocycles. The van der Waals surface area contributed by atoms with Crippen molar-refractivity contribution in [2.45, 2.75) is 39.7 Å². The molecule has 7 heteroatoms. The highest BCUT2D eigenvalue weighted by atomic mass is 16.2. The number of carbonyl (C=O) groups excluding carboxylic acids is 3. The first-order valence-electron chi connectivity index (χ1n) is 8.75. The van der Waals surface area contributed by atoms with E-state index in [0.717, 1.165) is 29.3 Å². The minimum Gasteiger partial charge on any atom is -0.354 e. The molecule has 1 aliphatic carbocycles. The van der Waals surface area contributed by atoms with E-state index in [4.69, 9.17) is 0 Å². The van der Waals surface area contributed by atoms with Gasteiger partial charge in [0, 0.05) is 18.8 Å². The van der Waals surface area contributed by atoms with Gasteiger partial charge in [-0.2, -0.15) is 5.10 Å². The van der Waals surface area contributed by atoms with Gasteiger partial charge in [-0.3, -0.25) is 24.0 Å². The van der Waals surface area contributed by atoms with Crippen LogP contribution >= 0.6 is 0 Å². The van der Waals surface area contributed by atoms with Crippen molar-refractivity contribution in [1.29, 1.82) is 0 Å². The third kappa shape index (κ3) is 3.65. The van der Waals surface area contributed by atoms with E-state index < -0.39 is 0 Å². The quantitative estimate of drug-likeness (QED) is 0.473. The topological polar surface area (TPSA) is 84.3 Å². The summed E-state index contributed by atoms with van der Waals surface area (Å²) in [5.41, 5.74) is 2.07. The van der Waals surface area contributed by atoms with E-state index in [1.165, 1.54) is 0 Å². The van der Waals surface area contributed by atoms with Gasteiger partial charge in [0.05, 0.1) is 17.5 Å². The number of nitrogens with zero attached hydrogens (tertiary/aromatic N) is 3. The van der Waals surface area contributed by atoms with E-state index in [1.54, 1.807) is 0 Å². The second-order valence-electron chi connectivity index (χ2n) is 6.77. The molecule has 1 N–H and O–H groups in total. The number of aromatic nitrogens is 2. The summed E-state index contributed by atoms with van der Waals surface area (Å²) in [5, 5.41) is 7.16. The molecule has 1 aliphatic heterocycles. The number of imide groups is 1. The van der Waals surface area contributed by atoms with Crippen LogP contribution in [0.3, 0.4) is 0 Å². The van der Waals surface area contributed by atoms with Gasteiger partial charge < -0.3 is 5.32 Å². The lowest BCUT2D eigenvalue weighted by Crippen LogP contribution is -2.41. The molecule has 0 unspecified atom stereocenters. The molecular formula is C18H24N4O3. The molecule has 2 atom stereocenters. The number of fused-ring (bicyclic) bond motifs is 1.